The number of halogens is 1. The average Bonchev–Trinajstić information content (AvgIpc) is 2.65. The molecule has 9 heteroatoms. The standard InChI is InChI=1S/C15H10ClN3O3.2K.2H/c16-12-4-2-1-3-10(12)15-11-7-9(19(21)22)5-6-13(11)18-14(20)8-17-15;;;;/h1-7H,8H2,(H,18,20);;;;/q;2*+1;2*-1. The summed E-state index contributed by atoms with van der Waals surface area (Å²) in [5, 5.41) is 14.2. The van der Waals surface area contributed by atoms with Crippen molar-refractivity contribution in [1.29, 1.82) is 0 Å². The van der Waals surface area contributed by atoms with Crippen LogP contribution >= 0.6 is 11.6 Å². The van der Waals surface area contributed by atoms with E-state index in [-0.39, 0.29) is 124 Å². The topological polar surface area (TPSA) is 84.6 Å². The second-order valence-corrected chi connectivity index (χ2v) is 5.09. The summed E-state index contributed by atoms with van der Waals surface area (Å²) in [5.41, 5.74) is 1.97. The fourth-order valence-electron chi connectivity index (χ4n) is 2.26. The number of anilines is 1. The van der Waals surface area contributed by atoms with Crippen molar-refractivity contribution in [3.05, 3.63) is 68.7 Å². The van der Waals surface area contributed by atoms with Crippen molar-refractivity contribution in [3.8, 4) is 0 Å². The van der Waals surface area contributed by atoms with E-state index >= 15 is 0 Å². The smallest absolute Gasteiger partial charge is 1.00 e. The van der Waals surface area contributed by atoms with Gasteiger partial charge in [-0.25, -0.2) is 0 Å². The predicted octanol–water partition coefficient (Wildman–Crippen LogP) is -2.73. The summed E-state index contributed by atoms with van der Waals surface area (Å²) in [7, 11) is 0. The Bertz CT molecular complexity index is 838. The van der Waals surface area contributed by atoms with Crippen molar-refractivity contribution in [2.24, 2.45) is 4.99 Å². The van der Waals surface area contributed by atoms with Gasteiger partial charge in [0.05, 0.1) is 16.3 Å². The Morgan fingerprint density at radius 1 is 1.17 bits per heavy atom. The van der Waals surface area contributed by atoms with Crippen LogP contribution in [0, 0.1) is 10.1 Å². The van der Waals surface area contributed by atoms with Crippen LogP contribution in [-0.4, -0.2) is 23.1 Å². The molecule has 0 saturated carbocycles. The molecule has 6 nitrogen and oxygen atoms in total. The molecule has 0 spiro atoms. The maximum absolute atomic E-state index is 11.7. The number of rotatable bonds is 2. The molecule has 2 aromatic carbocycles. The van der Waals surface area contributed by atoms with Gasteiger partial charge in [0.2, 0.25) is 5.91 Å². The maximum atomic E-state index is 11.7. The zero-order valence-electron chi connectivity index (χ0n) is 15.2. The summed E-state index contributed by atoms with van der Waals surface area (Å²) in [5.74, 6) is -0.280. The molecule has 0 fully saturated rings. The molecule has 0 aromatic heterocycles. The van der Waals surface area contributed by atoms with E-state index in [4.69, 9.17) is 11.6 Å². The molecule has 114 valence electrons. The molecule has 1 amide bonds. The first-order valence-electron chi connectivity index (χ1n) is 6.44. The summed E-state index contributed by atoms with van der Waals surface area (Å²) in [6.07, 6.45) is 0. The summed E-state index contributed by atoms with van der Waals surface area (Å²) in [6.45, 7) is -0.0664. The van der Waals surface area contributed by atoms with Crippen LogP contribution in [0.2, 0.25) is 5.02 Å². The SMILES string of the molecule is O=C1CN=C(c2ccccc2Cl)c2cc([N+](=O)[O-])ccc2N1.[H-].[H-].[K+].[K+]. The molecular formula is C15H12ClK2N3O3. The van der Waals surface area contributed by atoms with Crippen LogP contribution in [0.5, 0.6) is 0 Å². The normalized spacial score (nSPS) is 12.5. The molecular weight excluding hydrogens is 384 g/mol. The number of non-ortho nitro benzene ring substituents is 1. The minimum absolute atomic E-state index is 0. The number of hydrogen-bond acceptors (Lipinski definition) is 4. The number of nitrogens with zero attached hydrogens (tertiary/aromatic N) is 2. The number of amides is 1. The van der Waals surface area contributed by atoms with Gasteiger partial charge in [-0.05, 0) is 12.1 Å². The molecule has 3 rings (SSSR count). The van der Waals surface area contributed by atoms with Gasteiger partial charge in [-0.1, -0.05) is 29.8 Å². The first-order chi connectivity index (χ1) is 10.6. The van der Waals surface area contributed by atoms with Crippen molar-refractivity contribution in [2.45, 2.75) is 0 Å². The number of benzene rings is 2. The Morgan fingerprint density at radius 2 is 1.88 bits per heavy atom. The number of benzodiazepines with no additional fused rings is 1. The number of carbonyl (C=O) groups excluding carboxylic acids is 1. The molecule has 0 atom stereocenters. The van der Waals surface area contributed by atoms with Crippen molar-refractivity contribution >= 4 is 34.6 Å². The van der Waals surface area contributed by atoms with Crippen LogP contribution in [0.3, 0.4) is 0 Å². The van der Waals surface area contributed by atoms with E-state index in [1.54, 1.807) is 24.3 Å². The fourth-order valence-corrected chi connectivity index (χ4v) is 2.49. The quantitative estimate of drug-likeness (QED) is 0.340. The van der Waals surface area contributed by atoms with E-state index in [2.05, 4.69) is 10.3 Å². The minimum atomic E-state index is -0.489. The molecule has 1 N–H and O–H groups in total. The third kappa shape index (κ3) is 5.04. The van der Waals surface area contributed by atoms with Gasteiger partial charge >= 0.3 is 103 Å². The summed E-state index contributed by atoms with van der Waals surface area (Å²) >= 11 is 6.20. The van der Waals surface area contributed by atoms with Gasteiger partial charge in [0.25, 0.3) is 5.69 Å². The molecule has 2 aromatic rings. The third-order valence-electron chi connectivity index (χ3n) is 3.25. The first-order valence-corrected chi connectivity index (χ1v) is 6.82. The molecule has 0 saturated heterocycles. The summed E-state index contributed by atoms with van der Waals surface area (Å²) in [4.78, 5) is 26.5. The summed E-state index contributed by atoms with van der Waals surface area (Å²) < 4.78 is 0. The van der Waals surface area contributed by atoms with Gasteiger partial charge in [0, 0.05) is 28.3 Å². The van der Waals surface area contributed by atoms with Gasteiger partial charge in [-0.3, -0.25) is 19.9 Å². The van der Waals surface area contributed by atoms with Crippen molar-refractivity contribution in [3.63, 3.8) is 0 Å². The van der Waals surface area contributed by atoms with Crippen LogP contribution < -0.4 is 108 Å². The molecule has 0 bridgehead atoms. The van der Waals surface area contributed by atoms with Gasteiger partial charge in [-0.15, -0.1) is 0 Å². The molecule has 1 aliphatic heterocycles. The second kappa shape index (κ2) is 10.0. The first kappa shape index (κ1) is 22.6. The maximum Gasteiger partial charge on any atom is 1.00 e. The Morgan fingerprint density at radius 3 is 2.54 bits per heavy atom. The van der Waals surface area contributed by atoms with E-state index < -0.39 is 4.92 Å². The minimum Gasteiger partial charge on any atom is -1.00 e. The number of fused-ring (bicyclic) bond motifs is 1. The Hall–Kier alpha value is 0.543. The fraction of sp³-hybridized carbons (Fsp3) is 0.0667. The van der Waals surface area contributed by atoms with E-state index in [0.29, 0.717) is 27.5 Å². The van der Waals surface area contributed by atoms with Gasteiger partial charge in [0.15, 0.2) is 0 Å². The van der Waals surface area contributed by atoms with E-state index in [1.807, 2.05) is 0 Å². The number of carbonyl (C=O) groups is 1. The van der Waals surface area contributed by atoms with Crippen molar-refractivity contribution < 1.29 is 115 Å². The van der Waals surface area contributed by atoms with Crippen molar-refractivity contribution in [1.82, 2.24) is 0 Å². The Kier molecular flexibility index (Phi) is 9.43. The van der Waals surface area contributed by atoms with Crippen LogP contribution in [0.15, 0.2) is 47.5 Å². The zero-order valence-corrected chi connectivity index (χ0v) is 20.2. The molecule has 1 heterocycles. The molecule has 24 heavy (non-hydrogen) atoms. The van der Waals surface area contributed by atoms with Gasteiger partial charge in [-0.2, -0.15) is 0 Å². The number of hydrogen-bond donors (Lipinski definition) is 1. The van der Waals surface area contributed by atoms with E-state index in [9.17, 15) is 14.9 Å². The van der Waals surface area contributed by atoms with Crippen LogP contribution in [0.4, 0.5) is 11.4 Å². The second-order valence-electron chi connectivity index (χ2n) is 4.68. The molecule has 0 radical (unpaired) electrons. The molecule has 0 aliphatic carbocycles. The van der Waals surface area contributed by atoms with E-state index in [0.717, 1.165) is 0 Å². The van der Waals surface area contributed by atoms with Crippen molar-refractivity contribution in [2.75, 3.05) is 11.9 Å². The third-order valence-corrected chi connectivity index (χ3v) is 3.58. The van der Waals surface area contributed by atoms with E-state index in [1.165, 1.54) is 18.2 Å². The Balaban J connectivity index is 0. The van der Waals surface area contributed by atoms with Gasteiger partial charge in [0.1, 0.15) is 6.54 Å². The van der Waals surface area contributed by atoms with Crippen LogP contribution in [-0.2, 0) is 4.79 Å². The monoisotopic (exact) mass is 395 g/mol. The number of nitro benzene ring substituents is 1. The zero-order chi connectivity index (χ0) is 15.7. The number of aliphatic imine (C=N–C) groups is 1. The van der Waals surface area contributed by atoms with Crippen LogP contribution in [0.25, 0.3) is 0 Å². The number of nitrogens with one attached hydrogen (secondary N) is 1. The summed E-state index contributed by atoms with van der Waals surface area (Å²) in [6, 6.07) is 11.3. The largest absolute Gasteiger partial charge is 1.00 e. The number of nitro groups is 1. The Labute approximate surface area is 231 Å². The molecule has 1 aliphatic rings. The van der Waals surface area contributed by atoms with Crippen LogP contribution in [0.1, 0.15) is 14.0 Å². The average molecular weight is 396 g/mol. The molecule has 0 unspecified atom stereocenters. The predicted molar refractivity (Wildman–Crippen MR) is 85.9 cm³/mol. The van der Waals surface area contributed by atoms with Gasteiger partial charge < -0.3 is 8.17 Å².